The zero-order valence-corrected chi connectivity index (χ0v) is 33.2. The van der Waals surface area contributed by atoms with Crippen LogP contribution >= 0.6 is 0 Å². The van der Waals surface area contributed by atoms with E-state index in [4.69, 9.17) is 14.2 Å². The summed E-state index contributed by atoms with van der Waals surface area (Å²) in [4.78, 5) is 0. The van der Waals surface area contributed by atoms with Gasteiger partial charge in [-0.2, -0.15) is 0 Å². The molecule has 3 aromatic rings. The number of halogens is 3. The molecular weight excluding hydrogens is 663 g/mol. The van der Waals surface area contributed by atoms with Crippen LogP contribution in [0.2, 0.25) is 5.04 Å². The predicted molar refractivity (Wildman–Crippen MR) is 172 cm³/mol. The summed E-state index contributed by atoms with van der Waals surface area (Å²) in [5, 5.41) is 3.51. The van der Waals surface area contributed by atoms with Crippen LogP contribution in [0.3, 0.4) is 0 Å². The van der Waals surface area contributed by atoms with Crippen LogP contribution in [0.25, 0.3) is 0 Å². The summed E-state index contributed by atoms with van der Waals surface area (Å²) >= 11 is 2.35. The fourth-order valence-corrected chi connectivity index (χ4v) is 16.4. The van der Waals surface area contributed by atoms with Crippen LogP contribution in [-0.4, -0.2) is 29.4 Å². The van der Waals surface area contributed by atoms with Gasteiger partial charge in [-0.15, -0.1) is 0 Å². The van der Waals surface area contributed by atoms with Crippen molar-refractivity contribution in [3.8, 4) is 17.2 Å². The van der Waals surface area contributed by atoms with Gasteiger partial charge in [0.2, 0.25) is 0 Å². The van der Waals surface area contributed by atoms with Gasteiger partial charge in [-0.25, -0.2) is 0 Å². The first kappa shape index (κ1) is 40.4. The van der Waals surface area contributed by atoms with Crippen LogP contribution in [0.15, 0.2) is 57.0 Å². The van der Waals surface area contributed by atoms with Gasteiger partial charge in [0, 0.05) is 0 Å². The third-order valence-electron chi connectivity index (χ3n) is 9.62. The van der Waals surface area contributed by atoms with Crippen LogP contribution in [0.5, 0.6) is 17.2 Å². The second kappa shape index (κ2) is 14.8. The molecule has 4 rings (SSSR count). The summed E-state index contributed by atoms with van der Waals surface area (Å²) in [6, 6.07) is 13.6. The van der Waals surface area contributed by atoms with E-state index in [2.05, 4.69) is 126 Å². The number of aryl methyl sites for hydroxylation is 6. The van der Waals surface area contributed by atoms with E-state index >= 15 is 0 Å². The van der Waals surface area contributed by atoms with Crippen molar-refractivity contribution in [3.63, 3.8) is 0 Å². The fraction of sp³-hybridized carbons (Fsp3) is 0.389. The first-order chi connectivity index (χ1) is 19.2. The molecule has 1 aliphatic carbocycles. The first-order valence-electron chi connectivity index (χ1n) is 14.3. The largest absolute Gasteiger partial charge is 1.00 e. The van der Waals surface area contributed by atoms with Gasteiger partial charge in [-0.1, -0.05) is 0 Å². The monoisotopic (exact) mass is 706 g/mol. The molecule has 0 fully saturated rings. The van der Waals surface area contributed by atoms with Crippen molar-refractivity contribution in [2.24, 2.45) is 0 Å². The average Bonchev–Trinajstić information content (AvgIpc) is 3.06. The van der Waals surface area contributed by atoms with E-state index in [1.54, 1.807) is 0 Å². The minimum atomic E-state index is -3.21. The van der Waals surface area contributed by atoms with Crippen LogP contribution in [0.4, 0.5) is 0 Å². The number of methoxy groups -OCH3 is 3. The van der Waals surface area contributed by atoms with Crippen LogP contribution in [-0.2, 0) is 20.4 Å². The topological polar surface area (TPSA) is 27.7 Å². The van der Waals surface area contributed by atoms with Crippen molar-refractivity contribution >= 4 is 23.6 Å². The Morgan fingerprint density at radius 2 is 0.818 bits per heavy atom. The Hall–Kier alpha value is -1.66. The van der Waals surface area contributed by atoms with Gasteiger partial charge in [0.1, 0.15) is 0 Å². The number of hydrogen-bond donors (Lipinski definition) is 0. The van der Waals surface area contributed by atoms with E-state index in [1.165, 1.54) is 69.5 Å². The summed E-state index contributed by atoms with van der Waals surface area (Å²) in [6.07, 6.45) is 0. The molecule has 0 aliphatic heterocycles. The second-order valence-electron chi connectivity index (χ2n) is 12.1. The van der Waals surface area contributed by atoms with Crippen molar-refractivity contribution in [2.45, 2.75) is 74.3 Å². The first-order valence-corrected chi connectivity index (χ1v) is 17.1. The van der Waals surface area contributed by atoms with E-state index in [0.717, 1.165) is 17.2 Å². The molecule has 0 aromatic heterocycles. The van der Waals surface area contributed by atoms with Crippen molar-refractivity contribution < 1.29 is 71.9 Å². The molecule has 0 amide bonds. The van der Waals surface area contributed by atoms with Crippen molar-refractivity contribution in [1.29, 1.82) is 0 Å². The van der Waals surface area contributed by atoms with Gasteiger partial charge < -0.3 is 37.2 Å². The standard InChI is InChI=1S/C36H45O3Si.3ClH.Ti/c1-21-14-24(4)33(30(17-21)37-11)40(36(10)20-27(7)28(8)29(36)9,34-25(5)15-22(2)18-31(34)38-12)35-26(6)16-23(3)19-32(35)39-13;;;;/h14-19H,1-13H3;3*1H;/q;;;;+3/p-3. The van der Waals surface area contributed by atoms with E-state index in [0.29, 0.717) is 0 Å². The Morgan fingerprint density at radius 1 is 0.523 bits per heavy atom. The Labute approximate surface area is 296 Å². The zero-order chi connectivity index (χ0) is 30.6. The molecular formula is C36H45Cl3O3SiTi. The summed E-state index contributed by atoms with van der Waals surface area (Å²) in [5.74, 6) is 2.80. The van der Waals surface area contributed by atoms with Gasteiger partial charge in [0.25, 0.3) is 0 Å². The number of benzene rings is 3. The van der Waals surface area contributed by atoms with Crippen molar-refractivity contribution in [2.75, 3.05) is 21.3 Å². The van der Waals surface area contributed by atoms with Crippen LogP contribution < -0.4 is 67.0 Å². The average molecular weight is 708 g/mol. The number of ether oxygens (including phenoxy) is 3. The summed E-state index contributed by atoms with van der Waals surface area (Å²) in [7, 11) is 2.23. The maximum Gasteiger partial charge on any atom is -1.00 e. The van der Waals surface area contributed by atoms with Crippen LogP contribution in [0, 0.1) is 41.5 Å². The molecule has 0 N–H and O–H groups in total. The van der Waals surface area contributed by atoms with Gasteiger partial charge in [0.15, 0.2) is 0 Å². The summed E-state index contributed by atoms with van der Waals surface area (Å²) in [5.41, 5.74) is 11.4. The molecule has 0 radical (unpaired) electrons. The molecule has 1 unspecified atom stereocenters. The van der Waals surface area contributed by atoms with Gasteiger partial charge in [-0.05, 0) is 0 Å². The van der Waals surface area contributed by atoms with Gasteiger partial charge in [0.05, 0.1) is 0 Å². The van der Waals surface area contributed by atoms with E-state index in [9.17, 15) is 0 Å². The molecule has 0 saturated heterocycles. The molecule has 1 atom stereocenters. The molecule has 0 heterocycles. The molecule has 236 valence electrons. The maximum atomic E-state index is 6.38. The molecule has 1 aliphatic rings. The van der Waals surface area contributed by atoms with Gasteiger partial charge in [-0.3, -0.25) is 0 Å². The van der Waals surface area contributed by atoms with E-state index < -0.39 is 8.07 Å². The smallest absolute Gasteiger partial charge is 1.00 e. The Kier molecular flexibility index (Phi) is 13.6. The molecule has 0 saturated carbocycles. The molecule has 0 spiro atoms. The Bertz CT molecular complexity index is 1460. The van der Waals surface area contributed by atoms with Gasteiger partial charge >= 0.3 is 262 Å². The molecule has 0 bridgehead atoms. The number of hydrogen-bond acceptors (Lipinski definition) is 3. The number of allylic oxidation sites excluding steroid dienone is 4. The summed E-state index contributed by atoms with van der Waals surface area (Å²) in [6.45, 7) is 22.6. The van der Waals surface area contributed by atoms with Crippen molar-refractivity contribution in [3.05, 3.63) is 90.4 Å². The quantitative estimate of drug-likeness (QED) is 0.210. The van der Waals surface area contributed by atoms with E-state index in [-0.39, 0.29) is 42.3 Å². The fourth-order valence-electron chi connectivity index (χ4n) is 7.71. The number of rotatable bonds is 7. The minimum Gasteiger partial charge on any atom is -1.00 e. The molecule has 44 heavy (non-hydrogen) atoms. The normalized spacial score (nSPS) is 16.2. The minimum absolute atomic E-state index is 0. The Morgan fingerprint density at radius 3 is 1.05 bits per heavy atom. The molecule has 8 heteroatoms. The SMILES string of the molecule is COc1cc(C)cc(C)c1[Si](c1c(C)cc(C)cc1OC)(c1c(C)cc(C)cc1OC)C1(C)C(C)=C(C)C(C)=[C]1[Ti+3].[Cl-].[Cl-].[Cl-]. The second-order valence-corrected chi connectivity index (χ2v) is 16.9. The molecule has 3 nitrogen and oxygen atoms in total. The third kappa shape index (κ3) is 5.85. The maximum absolute atomic E-state index is 6.38. The summed E-state index contributed by atoms with van der Waals surface area (Å²) < 4.78 is 20.5. The van der Waals surface area contributed by atoms with E-state index in [1.807, 2.05) is 21.3 Å². The third-order valence-corrected chi connectivity index (χ3v) is 17.7. The zero-order valence-electron chi connectivity index (χ0n) is 28.3. The van der Waals surface area contributed by atoms with Crippen molar-refractivity contribution in [1.82, 2.24) is 0 Å². The van der Waals surface area contributed by atoms with Crippen LogP contribution in [0.1, 0.15) is 61.1 Å². The molecule has 3 aromatic carbocycles. The predicted octanol–water partition coefficient (Wildman–Crippen LogP) is -2.02. The Balaban J connectivity index is 0.00000323.